The van der Waals surface area contributed by atoms with Crippen molar-refractivity contribution < 1.29 is 14.3 Å². The van der Waals surface area contributed by atoms with Gasteiger partial charge in [0.05, 0.1) is 7.11 Å². The van der Waals surface area contributed by atoms with Gasteiger partial charge in [-0.25, -0.2) is 0 Å². The zero-order chi connectivity index (χ0) is 12.7. The summed E-state index contributed by atoms with van der Waals surface area (Å²) in [6.45, 7) is 4.01. The number of nitrogens with one attached hydrogen (secondary N) is 1. The zero-order valence-corrected chi connectivity index (χ0v) is 10.5. The lowest BCUT2D eigenvalue weighted by molar-refractivity contribution is -0.123. The van der Waals surface area contributed by atoms with Crippen LogP contribution in [0.15, 0.2) is 24.3 Å². The Bertz CT molecular complexity index is 365. The summed E-state index contributed by atoms with van der Waals surface area (Å²) >= 11 is 0. The third kappa shape index (κ3) is 4.76. The van der Waals surface area contributed by atoms with Gasteiger partial charge in [0.25, 0.3) is 5.91 Å². The number of carbonyl (C=O) groups excluding carboxylic acids is 1. The average molecular weight is 237 g/mol. The second-order valence-electron chi connectivity index (χ2n) is 3.84. The molecule has 0 heterocycles. The van der Waals surface area contributed by atoms with Crippen LogP contribution in [0, 0.1) is 0 Å². The molecular formula is C13H19NO3. The van der Waals surface area contributed by atoms with Crippen LogP contribution in [0.1, 0.15) is 20.3 Å². The van der Waals surface area contributed by atoms with Crippen molar-refractivity contribution in [2.75, 3.05) is 13.7 Å². The Hall–Kier alpha value is -1.71. The van der Waals surface area contributed by atoms with E-state index in [9.17, 15) is 4.79 Å². The molecule has 1 aromatic rings. The maximum Gasteiger partial charge on any atom is 0.258 e. The highest BCUT2D eigenvalue weighted by molar-refractivity contribution is 5.77. The summed E-state index contributed by atoms with van der Waals surface area (Å²) in [5.74, 6) is 1.23. The van der Waals surface area contributed by atoms with Crippen LogP contribution in [0.2, 0.25) is 0 Å². The minimum Gasteiger partial charge on any atom is -0.497 e. The fraction of sp³-hybridized carbons (Fsp3) is 0.462. The number of methoxy groups -OCH3 is 1. The van der Waals surface area contributed by atoms with Crippen LogP contribution in [-0.4, -0.2) is 25.7 Å². The van der Waals surface area contributed by atoms with E-state index < -0.39 is 0 Å². The monoisotopic (exact) mass is 237 g/mol. The molecule has 0 aliphatic heterocycles. The maximum atomic E-state index is 11.5. The van der Waals surface area contributed by atoms with Crippen LogP contribution >= 0.6 is 0 Å². The van der Waals surface area contributed by atoms with Crippen molar-refractivity contribution >= 4 is 5.91 Å². The van der Waals surface area contributed by atoms with Crippen molar-refractivity contribution in [3.63, 3.8) is 0 Å². The molecule has 0 radical (unpaired) electrons. The second-order valence-corrected chi connectivity index (χ2v) is 3.84. The molecule has 0 saturated carbocycles. The molecule has 1 N–H and O–H groups in total. The summed E-state index contributed by atoms with van der Waals surface area (Å²) in [6, 6.07) is 7.36. The predicted molar refractivity (Wildman–Crippen MR) is 66.4 cm³/mol. The number of hydrogen-bond donors (Lipinski definition) is 1. The van der Waals surface area contributed by atoms with Crippen molar-refractivity contribution in [3.8, 4) is 11.5 Å². The molecule has 94 valence electrons. The summed E-state index contributed by atoms with van der Waals surface area (Å²) < 4.78 is 10.4. The summed E-state index contributed by atoms with van der Waals surface area (Å²) in [5.41, 5.74) is 0. The molecule has 0 aliphatic rings. The first-order valence-electron chi connectivity index (χ1n) is 5.72. The molecule has 0 aromatic heterocycles. The van der Waals surface area contributed by atoms with Gasteiger partial charge in [0.2, 0.25) is 0 Å². The number of rotatable bonds is 6. The van der Waals surface area contributed by atoms with E-state index in [2.05, 4.69) is 5.32 Å². The SMILES string of the molecule is CCC(C)NC(=O)COc1cccc(OC)c1. The first kappa shape index (κ1) is 13.4. The smallest absolute Gasteiger partial charge is 0.258 e. The molecule has 4 nitrogen and oxygen atoms in total. The molecule has 17 heavy (non-hydrogen) atoms. The molecule has 0 spiro atoms. The van der Waals surface area contributed by atoms with E-state index in [0.29, 0.717) is 11.5 Å². The van der Waals surface area contributed by atoms with Crippen molar-refractivity contribution in [1.29, 1.82) is 0 Å². The molecule has 0 fully saturated rings. The maximum absolute atomic E-state index is 11.5. The van der Waals surface area contributed by atoms with E-state index >= 15 is 0 Å². The Morgan fingerprint density at radius 2 is 2.12 bits per heavy atom. The van der Waals surface area contributed by atoms with E-state index in [1.165, 1.54) is 0 Å². The van der Waals surface area contributed by atoms with Crippen LogP contribution in [-0.2, 0) is 4.79 Å². The molecule has 0 bridgehead atoms. The molecule has 1 atom stereocenters. The molecular weight excluding hydrogens is 218 g/mol. The van der Waals surface area contributed by atoms with Crippen LogP contribution in [0.4, 0.5) is 0 Å². The van der Waals surface area contributed by atoms with Gasteiger partial charge in [0, 0.05) is 12.1 Å². The third-order valence-corrected chi connectivity index (χ3v) is 2.43. The number of amides is 1. The van der Waals surface area contributed by atoms with Crippen molar-refractivity contribution in [2.24, 2.45) is 0 Å². The van der Waals surface area contributed by atoms with Gasteiger partial charge in [-0.15, -0.1) is 0 Å². The second kappa shape index (κ2) is 6.78. The normalized spacial score (nSPS) is 11.7. The molecule has 0 saturated heterocycles. The predicted octanol–water partition coefficient (Wildman–Crippen LogP) is 1.99. The van der Waals surface area contributed by atoms with E-state index in [1.54, 1.807) is 19.2 Å². The lowest BCUT2D eigenvalue weighted by Crippen LogP contribution is -2.35. The first-order valence-corrected chi connectivity index (χ1v) is 5.72. The Morgan fingerprint density at radius 3 is 2.76 bits per heavy atom. The summed E-state index contributed by atoms with van der Waals surface area (Å²) in [4.78, 5) is 11.5. The van der Waals surface area contributed by atoms with E-state index in [4.69, 9.17) is 9.47 Å². The van der Waals surface area contributed by atoms with E-state index in [-0.39, 0.29) is 18.6 Å². The van der Waals surface area contributed by atoms with Gasteiger partial charge < -0.3 is 14.8 Å². The summed E-state index contributed by atoms with van der Waals surface area (Å²) in [7, 11) is 1.59. The molecule has 4 heteroatoms. The number of ether oxygens (including phenoxy) is 2. The molecule has 1 rings (SSSR count). The van der Waals surface area contributed by atoms with Gasteiger partial charge in [-0.3, -0.25) is 4.79 Å². The fourth-order valence-electron chi connectivity index (χ4n) is 1.26. The quantitative estimate of drug-likeness (QED) is 0.823. The minimum atomic E-state index is -0.109. The fourth-order valence-corrected chi connectivity index (χ4v) is 1.26. The van der Waals surface area contributed by atoms with Crippen molar-refractivity contribution in [3.05, 3.63) is 24.3 Å². The van der Waals surface area contributed by atoms with Gasteiger partial charge in [-0.05, 0) is 25.5 Å². The highest BCUT2D eigenvalue weighted by atomic mass is 16.5. The Balaban J connectivity index is 2.41. The van der Waals surface area contributed by atoms with Crippen LogP contribution in [0.3, 0.4) is 0 Å². The van der Waals surface area contributed by atoms with Gasteiger partial charge in [0.15, 0.2) is 6.61 Å². The van der Waals surface area contributed by atoms with E-state index in [0.717, 1.165) is 6.42 Å². The van der Waals surface area contributed by atoms with Crippen LogP contribution in [0.5, 0.6) is 11.5 Å². The summed E-state index contributed by atoms with van der Waals surface area (Å²) in [6.07, 6.45) is 0.908. The van der Waals surface area contributed by atoms with Crippen LogP contribution in [0.25, 0.3) is 0 Å². The van der Waals surface area contributed by atoms with Gasteiger partial charge in [-0.2, -0.15) is 0 Å². The van der Waals surface area contributed by atoms with Gasteiger partial charge in [-0.1, -0.05) is 13.0 Å². The van der Waals surface area contributed by atoms with Crippen LogP contribution < -0.4 is 14.8 Å². The standard InChI is InChI=1S/C13H19NO3/c1-4-10(2)14-13(15)9-17-12-7-5-6-11(8-12)16-3/h5-8,10H,4,9H2,1-3H3,(H,14,15). The largest absolute Gasteiger partial charge is 0.497 e. The third-order valence-electron chi connectivity index (χ3n) is 2.43. The van der Waals surface area contributed by atoms with Crippen molar-refractivity contribution in [1.82, 2.24) is 5.32 Å². The molecule has 1 aromatic carbocycles. The van der Waals surface area contributed by atoms with Gasteiger partial charge >= 0.3 is 0 Å². The summed E-state index contributed by atoms with van der Waals surface area (Å²) in [5, 5.41) is 2.83. The average Bonchev–Trinajstić information content (AvgIpc) is 2.36. The molecule has 0 aliphatic carbocycles. The Kier molecular flexibility index (Phi) is 5.33. The topological polar surface area (TPSA) is 47.6 Å². The number of hydrogen-bond acceptors (Lipinski definition) is 3. The zero-order valence-electron chi connectivity index (χ0n) is 10.5. The molecule has 1 unspecified atom stereocenters. The highest BCUT2D eigenvalue weighted by Crippen LogP contribution is 2.18. The number of carbonyl (C=O) groups is 1. The highest BCUT2D eigenvalue weighted by Gasteiger charge is 2.06. The van der Waals surface area contributed by atoms with E-state index in [1.807, 2.05) is 26.0 Å². The number of benzene rings is 1. The Labute approximate surface area is 102 Å². The lowest BCUT2D eigenvalue weighted by Gasteiger charge is -2.12. The van der Waals surface area contributed by atoms with Crippen molar-refractivity contribution in [2.45, 2.75) is 26.3 Å². The molecule has 1 amide bonds. The van der Waals surface area contributed by atoms with Gasteiger partial charge in [0.1, 0.15) is 11.5 Å². The Morgan fingerprint density at radius 1 is 1.41 bits per heavy atom. The minimum absolute atomic E-state index is 0.0253. The first-order chi connectivity index (χ1) is 8.15. The lowest BCUT2D eigenvalue weighted by atomic mass is 10.2.